The van der Waals surface area contributed by atoms with Crippen molar-refractivity contribution in [3.05, 3.63) is 30.2 Å². The van der Waals surface area contributed by atoms with E-state index in [0.29, 0.717) is 5.92 Å². The zero-order valence-electron chi connectivity index (χ0n) is 7.33. The molecule has 0 atom stereocenters. The number of aromatic amines is 1. The van der Waals surface area contributed by atoms with Crippen LogP contribution in [-0.4, -0.2) is 9.97 Å². The number of nitrogens with one attached hydrogen (secondary N) is 1. The Hall–Kier alpha value is -1.31. The van der Waals surface area contributed by atoms with E-state index < -0.39 is 0 Å². The van der Waals surface area contributed by atoms with Crippen molar-refractivity contribution < 1.29 is 0 Å². The Kier molecular flexibility index (Phi) is 1.61. The molecule has 0 aliphatic carbocycles. The standard InChI is InChI=1S/C10H12N2/c1-7(2)10-8-3-5-11-9(8)4-6-12-10/h3-7,11H,1-2H3. The number of hydrogen-bond donors (Lipinski definition) is 1. The quantitative estimate of drug-likeness (QED) is 0.682. The lowest BCUT2D eigenvalue weighted by molar-refractivity contribution is 0.835. The van der Waals surface area contributed by atoms with Crippen molar-refractivity contribution in [2.45, 2.75) is 19.8 Å². The van der Waals surface area contributed by atoms with E-state index in [-0.39, 0.29) is 0 Å². The lowest BCUT2D eigenvalue weighted by Crippen LogP contribution is -1.91. The molecule has 0 radical (unpaired) electrons. The topological polar surface area (TPSA) is 28.7 Å². The SMILES string of the molecule is CC(C)c1nccc2[nH]ccc12. The summed E-state index contributed by atoms with van der Waals surface area (Å²) in [6.45, 7) is 4.32. The molecule has 0 aliphatic rings. The Morgan fingerprint density at radius 2 is 2.17 bits per heavy atom. The lowest BCUT2D eigenvalue weighted by Gasteiger charge is -2.04. The Labute approximate surface area is 71.6 Å². The summed E-state index contributed by atoms with van der Waals surface area (Å²) in [6.07, 6.45) is 3.81. The maximum atomic E-state index is 4.36. The molecule has 0 aromatic carbocycles. The van der Waals surface area contributed by atoms with Crippen molar-refractivity contribution in [1.29, 1.82) is 0 Å². The Morgan fingerprint density at radius 3 is 2.92 bits per heavy atom. The molecule has 1 N–H and O–H groups in total. The molecular formula is C10H12N2. The molecule has 62 valence electrons. The van der Waals surface area contributed by atoms with Gasteiger partial charge in [0.05, 0.1) is 5.69 Å². The molecule has 2 aromatic rings. The number of aromatic nitrogens is 2. The molecule has 0 fully saturated rings. The fourth-order valence-corrected chi connectivity index (χ4v) is 1.47. The smallest absolute Gasteiger partial charge is 0.0522 e. The van der Waals surface area contributed by atoms with E-state index in [1.807, 2.05) is 18.5 Å². The predicted octanol–water partition coefficient (Wildman–Crippen LogP) is 2.69. The maximum Gasteiger partial charge on any atom is 0.0522 e. The minimum absolute atomic E-state index is 0.490. The first-order chi connectivity index (χ1) is 5.79. The fourth-order valence-electron chi connectivity index (χ4n) is 1.47. The van der Waals surface area contributed by atoms with Gasteiger partial charge in [0.2, 0.25) is 0 Å². The Bertz CT molecular complexity index is 387. The molecule has 2 rings (SSSR count). The van der Waals surface area contributed by atoms with Crippen molar-refractivity contribution >= 4 is 10.9 Å². The molecule has 0 spiro atoms. The van der Waals surface area contributed by atoms with E-state index in [1.165, 1.54) is 16.6 Å². The molecule has 2 nitrogen and oxygen atoms in total. The second kappa shape index (κ2) is 2.63. The third-order valence-corrected chi connectivity index (χ3v) is 2.06. The molecule has 2 heteroatoms. The van der Waals surface area contributed by atoms with Gasteiger partial charge in [-0.3, -0.25) is 4.98 Å². The molecule has 2 heterocycles. The van der Waals surface area contributed by atoms with Gasteiger partial charge < -0.3 is 4.98 Å². The van der Waals surface area contributed by atoms with Gasteiger partial charge in [0.25, 0.3) is 0 Å². The minimum Gasteiger partial charge on any atom is -0.361 e. The number of nitrogens with zero attached hydrogens (tertiary/aromatic N) is 1. The molecule has 0 bridgehead atoms. The largest absolute Gasteiger partial charge is 0.361 e. The molecule has 0 aliphatic heterocycles. The van der Waals surface area contributed by atoms with Crippen LogP contribution in [0.1, 0.15) is 25.5 Å². The number of rotatable bonds is 1. The van der Waals surface area contributed by atoms with Crippen LogP contribution in [0, 0.1) is 0 Å². The van der Waals surface area contributed by atoms with E-state index >= 15 is 0 Å². The van der Waals surface area contributed by atoms with Gasteiger partial charge in [0.15, 0.2) is 0 Å². The second-order valence-corrected chi connectivity index (χ2v) is 3.29. The lowest BCUT2D eigenvalue weighted by atomic mass is 10.1. The monoisotopic (exact) mass is 160 g/mol. The Morgan fingerprint density at radius 1 is 1.33 bits per heavy atom. The summed E-state index contributed by atoms with van der Waals surface area (Å²) in [5.41, 5.74) is 2.35. The van der Waals surface area contributed by atoms with Crippen molar-refractivity contribution in [3.8, 4) is 0 Å². The van der Waals surface area contributed by atoms with Gasteiger partial charge in [0.1, 0.15) is 0 Å². The molecule has 0 saturated heterocycles. The van der Waals surface area contributed by atoms with Gasteiger partial charge >= 0.3 is 0 Å². The summed E-state index contributed by atoms with van der Waals surface area (Å²) in [4.78, 5) is 7.53. The highest BCUT2D eigenvalue weighted by molar-refractivity contribution is 5.81. The van der Waals surface area contributed by atoms with Gasteiger partial charge in [-0.15, -0.1) is 0 Å². The molecule has 0 saturated carbocycles. The predicted molar refractivity (Wildman–Crippen MR) is 50.2 cm³/mol. The van der Waals surface area contributed by atoms with Gasteiger partial charge in [-0.2, -0.15) is 0 Å². The van der Waals surface area contributed by atoms with Crippen LogP contribution in [0.5, 0.6) is 0 Å². The van der Waals surface area contributed by atoms with Gasteiger partial charge in [-0.25, -0.2) is 0 Å². The van der Waals surface area contributed by atoms with E-state index in [1.54, 1.807) is 0 Å². The van der Waals surface area contributed by atoms with Gasteiger partial charge in [-0.05, 0) is 18.1 Å². The van der Waals surface area contributed by atoms with Crippen LogP contribution < -0.4 is 0 Å². The molecule has 12 heavy (non-hydrogen) atoms. The van der Waals surface area contributed by atoms with Crippen molar-refractivity contribution in [1.82, 2.24) is 9.97 Å². The van der Waals surface area contributed by atoms with Crippen LogP contribution in [0.25, 0.3) is 10.9 Å². The minimum atomic E-state index is 0.490. The summed E-state index contributed by atoms with van der Waals surface area (Å²) >= 11 is 0. The third kappa shape index (κ3) is 0.998. The van der Waals surface area contributed by atoms with Crippen LogP contribution in [0.3, 0.4) is 0 Å². The van der Waals surface area contributed by atoms with Crippen LogP contribution in [0.15, 0.2) is 24.5 Å². The first-order valence-corrected chi connectivity index (χ1v) is 4.21. The van der Waals surface area contributed by atoms with Crippen LogP contribution in [0.4, 0.5) is 0 Å². The highest BCUT2D eigenvalue weighted by Crippen LogP contribution is 2.21. The summed E-state index contributed by atoms with van der Waals surface area (Å²) in [6, 6.07) is 4.08. The first kappa shape index (κ1) is 7.35. The average Bonchev–Trinajstić information content (AvgIpc) is 2.49. The van der Waals surface area contributed by atoms with E-state index in [2.05, 4.69) is 29.9 Å². The van der Waals surface area contributed by atoms with Gasteiger partial charge in [0, 0.05) is 23.3 Å². The van der Waals surface area contributed by atoms with E-state index in [0.717, 1.165) is 0 Å². The first-order valence-electron chi connectivity index (χ1n) is 4.21. The van der Waals surface area contributed by atoms with Gasteiger partial charge in [-0.1, -0.05) is 13.8 Å². The summed E-state index contributed by atoms with van der Waals surface area (Å²) in [7, 11) is 0. The van der Waals surface area contributed by atoms with Crippen LogP contribution in [0.2, 0.25) is 0 Å². The number of pyridine rings is 1. The zero-order chi connectivity index (χ0) is 8.55. The van der Waals surface area contributed by atoms with E-state index in [9.17, 15) is 0 Å². The average molecular weight is 160 g/mol. The number of hydrogen-bond acceptors (Lipinski definition) is 1. The van der Waals surface area contributed by atoms with Crippen LogP contribution >= 0.6 is 0 Å². The Balaban J connectivity index is 2.73. The highest BCUT2D eigenvalue weighted by atomic mass is 14.7. The fraction of sp³-hybridized carbons (Fsp3) is 0.300. The summed E-state index contributed by atoms with van der Waals surface area (Å²) in [5.74, 6) is 0.490. The maximum absolute atomic E-state index is 4.36. The third-order valence-electron chi connectivity index (χ3n) is 2.06. The molecular weight excluding hydrogens is 148 g/mol. The normalized spacial score (nSPS) is 11.2. The summed E-state index contributed by atoms with van der Waals surface area (Å²) < 4.78 is 0. The number of fused-ring (bicyclic) bond motifs is 1. The van der Waals surface area contributed by atoms with E-state index in [4.69, 9.17) is 0 Å². The second-order valence-electron chi connectivity index (χ2n) is 3.29. The zero-order valence-corrected chi connectivity index (χ0v) is 7.33. The van der Waals surface area contributed by atoms with Crippen LogP contribution in [-0.2, 0) is 0 Å². The van der Waals surface area contributed by atoms with Crippen molar-refractivity contribution in [2.24, 2.45) is 0 Å². The molecule has 0 amide bonds. The number of H-pyrrole nitrogens is 1. The van der Waals surface area contributed by atoms with Crippen molar-refractivity contribution in [3.63, 3.8) is 0 Å². The highest BCUT2D eigenvalue weighted by Gasteiger charge is 2.05. The molecule has 0 unspecified atom stereocenters. The van der Waals surface area contributed by atoms with Crippen molar-refractivity contribution in [2.75, 3.05) is 0 Å². The summed E-state index contributed by atoms with van der Waals surface area (Å²) in [5, 5.41) is 1.24. The molecule has 2 aromatic heterocycles.